The molecule has 0 saturated heterocycles. The van der Waals surface area contributed by atoms with Crippen molar-refractivity contribution in [2.45, 2.75) is 26.7 Å². The minimum Gasteiger partial charge on any atom is -0.481 e. The van der Waals surface area contributed by atoms with Crippen LogP contribution in [-0.4, -0.2) is 30.1 Å². The summed E-state index contributed by atoms with van der Waals surface area (Å²) in [5.41, 5.74) is 4.18. The number of carbonyl (C=O) groups excluding carboxylic acids is 1. The molecular weight excluding hydrogens is 184 g/mol. The van der Waals surface area contributed by atoms with E-state index in [4.69, 9.17) is 10.8 Å². The maximum atomic E-state index is 10.7. The van der Waals surface area contributed by atoms with Crippen molar-refractivity contribution in [3.05, 3.63) is 0 Å². The SMILES string of the molecule is CC(C)(CNCCCC(N)=O)C(=O)O. The van der Waals surface area contributed by atoms with Crippen LogP contribution in [-0.2, 0) is 9.59 Å². The molecule has 0 fully saturated rings. The summed E-state index contributed by atoms with van der Waals surface area (Å²) in [5, 5.41) is 11.7. The molecule has 0 aliphatic rings. The molecule has 0 aromatic rings. The Labute approximate surface area is 83.7 Å². The number of nitrogens with one attached hydrogen (secondary N) is 1. The third-order valence-electron chi connectivity index (χ3n) is 1.92. The molecule has 0 bridgehead atoms. The first-order chi connectivity index (χ1) is 6.36. The second kappa shape index (κ2) is 5.59. The molecule has 5 nitrogen and oxygen atoms in total. The van der Waals surface area contributed by atoms with Gasteiger partial charge in [-0.3, -0.25) is 9.59 Å². The van der Waals surface area contributed by atoms with Crippen LogP contribution in [0.1, 0.15) is 26.7 Å². The number of amides is 1. The summed E-state index contributed by atoms with van der Waals surface area (Å²) in [4.78, 5) is 21.0. The molecule has 82 valence electrons. The Morgan fingerprint density at radius 3 is 2.43 bits per heavy atom. The largest absolute Gasteiger partial charge is 0.481 e. The van der Waals surface area contributed by atoms with E-state index in [0.29, 0.717) is 25.9 Å². The summed E-state index contributed by atoms with van der Waals surface area (Å²) in [5.74, 6) is -1.16. The highest BCUT2D eigenvalue weighted by Crippen LogP contribution is 2.12. The first-order valence-corrected chi connectivity index (χ1v) is 4.58. The normalized spacial score (nSPS) is 11.3. The highest BCUT2D eigenvalue weighted by atomic mass is 16.4. The van der Waals surface area contributed by atoms with Crippen molar-refractivity contribution in [1.82, 2.24) is 5.32 Å². The molecule has 0 rings (SSSR count). The highest BCUT2D eigenvalue weighted by molar-refractivity contribution is 5.74. The van der Waals surface area contributed by atoms with Crippen LogP contribution in [0.15, 0.2) is 0 Å². The number of carboxylic acids is 1. The van der Waals surface area contributed by atoms with Gasteiger partial charge < -0.3 is 16.2 Å². The zero-order valence-corrected chi connectivity index (χ0v) is 8.67. The molecule has 0 aliphatic carbocycles. The summed E-state index contributed by atoms with van der Waals surface area (Å²) in [6.45, 7) is 4.30. The summed E-state index contributed by atoms with van der Waals surface area (Å²) in [6.07, 6.45) is 0.978. The molecule has 0 unspecified atom stereocenters. The summed E-state index contributed by atoms with van der Waals surface area (Å²) in [7, 11) is 0. The quantitative estimate of drug-likeness (QED) is 0.505. The Bertz CT molecular complexity index is 214. The molecule has 0 aromatic heterocycles. The second-order valence-corrected chi connectivity index (χ2v) is 3.94. The predicted molar refractivity (Wildman–Crippen MR) is 52.7 cm³/mol. The monoisotopic (exact) mass is 202 g/mol. The van der Waals surface area contributed by atoms with Crippen LogP contribution in [0.3, 0.4) is 0 Å². The van der Waals surface area contributed by atoms with Crippen molar-refractivity contribution in [1.29, 1.82) is 0 Å². The number of hydrogen-bond donors (Lipinski definition) is 3. The number of carboxylic acid groups (broad SMARTS) is 1. The summed E-state index contributed by atoms with van der Waals surface area (Å²) in [6, 6.07) is 0. The molecule has 0 aromatic carbocycles. The smallest absolute Gasteiger partial charge is 0.310 e. The van der Waals surface area contributed by atoms with Gasteiger partial charge in [0.2, 0.25) is 5.91 Å². The molecule has 0 aliphatic heterocycles. The minimum atomic E-state index is -0.833. The lowest BCUT2D eigenvalue weighted by atomic mass is 9.94. The molecule has 14 heavy (non-hydrogen) atoms. The minimum absolute atomic E-state index is 0.329. The molecule has 0 saturated carbocycles. The second-order valence-electron chi connectivity index (χ2n) is 3.94. The predicted octanol–water partition coefficient (Wildman–Crippen LogP) is -0.0477. The topological polar surface area (TPSA) is 92.4 Å². The van der Waals surface area contributed by atoms with Gasteiger partial charge in [-0.15, -0.1) is 0 Å². The number of aliphatic carboxylic acids is 1. The van der Waals surface area contributed by atoms with Gasteiger partial charge in [-0.2, -0.15) is 0 Å². The van der Waals surface area contributed by atoms with Gasteiger partial charge in [-0.05, 0) is 26.8 Å². The fourth-order valence-corrected chi connectivity index (χ4v) is 0.864. The van der Waals surface area contributed by atoms with Gasteiger partial charge in [0.25, 0.3) is 0 Å². The zero-order valence-electron chi connectivity index (χ0n) is 8.67. The molecule has 5 heteroatoms. The molecular formula is C9H18N2O3. The van der Waals surface area contributed by atoms with E-state index < -0.39 is 11.4 Å². The Morgan fingerprint density at radius 2 is 2.00 bits per heavy atom. The van der Waals surface area contributed by atoms with E-state index in [-0.39, 0.29) is 5.91 Å². The third-order valence-corrected chi connectivity index (χ3v) is 1.92. The maximum absolute atomic E-state index is 10.7. The Kier molecular flexibility index (Phi) is 5.15. The average Bonchev–Trinajstić information content (AvgIpc) is 2.02. The van der Waals surface area contributed by atoms with E-state index in [0.717, 1.165) is 0 Å². The van der Waals surface area contributed by atoms with Crippen molar-refractivity contribution in [2.24, 2.45) is 11.1 Å². The van der Waals surface area contributed by atoms with Gasteiger partial charge in [-0.25, -0.2) is 0 Å². The van der Waals surface area contributed by atoms with Gasteiger partial charge >= 0.3 is 5.97 Å². The average molecular weight is 202 g/mol. The third kappa shape index (κ3) is 5.53. The maximum Gasteiger partial charge on any atom is 0.310 e. The van der Waals surface area contributed by atoms with E-state index >= 15 is 0 Å². The van der Waals surface area contributed by atoms with Crippen LogP contribution in [0.5, 0.6) is 0 Å². The molecule has 0 spiro atoms. The van der Waals surface area contributed by atoms with Crippen molar-refractivity contribution in [3.63, 3.8) is 0 Å². The van der Waals surface area contributed by atoms with Gasteiger partial charge in [0.05, 0.1) is 5.41 Å². The lowest BCUT2D eigenvalue weighted by Crippen LogP contribution is -2.36. The highest BCUT2D eigenvalue weighted by Gasteiger charge is 2.26. The van der Waals surface area contributed by atoms with Crippen LogP contribution in [0.4, 0.5) is 0 Å². The van der Waals surface area contributed by atoms with Crippen LogP contribution in [0.25, 0.3) is 0 Å². The summed E-state index contributed by atoms with van der Waals surface area (Å²) < 4.78 is 0. The Hall–Kier alpha value is -1.10. The van der Waals surface area contributed by atoms with E-state index in [2.05, 4.69) is 5.32 Å². The number of rotatable bonds is 7. The number of carbonyl (C=O) groups is 2. The molecule has 0 radical (unpaired) electrons. The van der Waals surface area contributed by atoms with Crippen molar-refractivity contribution in [3.8, 4) is 0 Å². The standard InChI is InChI=1S/C9H18N2O3/c1-9(2,8(13)14)6-11-5-3-4-7(10)12/h11H,3-6H2,1-2H3,(H2,10,12)(H,13,14). The first kappa shape index (κ1) is 12.9. The van der Waals surface area contributed by atoms with E-state index in [1.165, 1.54) is 0 Å². The van der Waals surface area contributed by atoms with Crippen LogP contribution in [0, 0.1) is 5.41 Å². The van der Waals surface area contributed by atoms with Crippen LogP contribution in [0.2, 0.25) is 0 Å². The first-order valence-electron chi connectivity index (χ1n) is 4.58. The van der Waals surface area contributed by atoms with E-state index in [1.54, 1.807) is 13.8 Å². The Balaban J connectivity index is 3.54. The van der Waals surface area contributed by atoms with E-state index in [1.807, 2.05) is 0 Å². The van der Waals surface area contributed by atoms with Gasteiger partial charge in [0, 0.05) is 13.0 Å². The zero-order chi connectivity index (χ0) is 11.2. The van der Waals surface area contributed by atoms with E-state index in [9.17, 15) is 9.59 Å². The molecule has 1 amide bonds. The Morgan fingerprint density at radius 1 is 1.43 bits per heavy atom. The van der Waals surface area contributed by atoms with Crippen LogP contribution < -0.4 is 11.1 Å². The van der Waals surface area contributed by atoms with Gasteiger partial charge in [0.15, 0.2) is 0 Å². The molecule has 4 N–H and O–H groups in total. The molecule has 0 heterocycles. The lowest BCUT2D eigenvalue weighted by molar-refractivity contribution is -0.146. The number of nitrogens with two attached hydrogens (primary N) is 1. The fourth-order valence-electron chi connectivity index (χ4n) is 0.864. The molecule has 0 atom stereocenters. The summed E-state index contributed by atoms with van der Waals surface area (Å²) >= 11 is 0. The van der Waals surface area contributed by atoms with Crippen molar-refractivity contribution >= 4 is 11.9 Å². The van der Waals surface area contributed by atoms with Gasteiger partial charge in [-0.1, -0.05) is 0 Å². The number of hydrogen-bond acceptors (Lipinski definition) is 3. The van der Waals surface area contributed by atoms with Crippen molar-refractivity contribution in [2.75, 3.05) is 13.1 Å². The number of primary amides is 1. The van der Waals surface area contributed by atoms with Crippen LogP contribution >= 0.6 is 0 Å². The fraction of sp³-hybridized carbons (Fsp3) is 0.778. The van der Waals surface area contributed by atoms with Crippen molar-refractivity contribution < 1.29 is 14.7 Å². The lowest BCUT2D eigenvalue weighted by Gasteiger charge is -2.19. The van der Waals surface area contributed by atoms with Gasteiger partial charge in [0.1, 0.15) is 0 Å².